The zero-order chi connectivity index (χ0) is 9.97. The molecule has 0 spiro atoms. The van der Waals surface area contributed by atoms with Gasteiger partial charge in [0.2, 0.25) is 0 Å². The molecule has 0 aromatic carbocycles. The van der Waals surface area contributed by atoms with Gasteiger partial charge in [0.05, 0.1) is 18.0 Å². The standard InChI is InChI=1S/C8H4ClN5/c9-7-1-2-11-8(13-7)14-5-6(3-10)4-12-14/h1-2,4-5H. The highest BCUT2D eigenvalue weighted by atomic mass is 35.5. The zero-order valence-corrected chi connectivity index (χ0v) is 7.68. The molecule has 0 bridgehead atoms. The summed E-state index contributed by atoms with van der Waals surface area (Å²) in [5.41, 5.74) is 0.452. The number of halogens is 1. The van der Waals surface area contributed by atoms with Crippen LogP contribution in [0.1, 0.15) is 5.56 Å². The summed E-state index contributed by atoms with van der Waals surface area (Å²) in [6.07, 6.45) is 4.49. The molecular weight excluding hydrogens is 202 g/mol. The lowest BCUT2D eigenvalue weighted by Gasteiger charge is -1.97. The fourth-order valence-electron chi connectivity index (χ4n) is 0.927. The average molecular weight is 206 g/mol. The molecule has 0 aliphatic heterocycles. The molecule has 0 aliphatic rings. The van der Waals surface area contributed by atoms with E-state index in [9.17, 15) is 0 Å². The maximum Gasteiger partial charge on any atom is 0.251 e. The van der Waals surface area contributed by atoms with Crippen LogP contribution < -0.4 is 0 Å². The maximum absolute atomic E-state index is 8.58. The highest BCUT2D eigenvalue weighted by Crippen LogP contribution is 2.06. The van der Waals surface area contributed by atoms with E-state index in [0.29, 0.717) is 16.7 Å². The van der Waals surface area contributed by atoms with Crippen LogP contribution in [0.4, 0.5) is 0 Å². The number of hydrogen-bond donors (Lipinski definition) is 0. The molecular formula is C8H4ClN5. The molecule has 68 valence electrons. The van der Waals surface area contributed by atoms with Crippen LogP contribution in [0.5, 0.6) is 0 Å². The van der Waals surface area contributed by atoms with E-state index in [2.05, 4.69) is 15.1 Å². The molecule has 0 saturated heterocycles. The summed E-state index contributed by atoms with van der Waals surface area (Å²) in [7, 11) is 0. The van der Waals surface area contributed by atoms with Crippen molar-refractivity contribution in [2.75, 3.05) is 0 Å². The van der Waals surface area contributed by atoms with Crippen molar-refractivity contribution in [3.63, 3.8) is 0 Å². The van der Waals surface area contributed by atoms with Crippen LogP contribution in [-0.4, -0.2) is 19.7 Å². The van der Waals surface area contributed by atoms with E-state index in [1.54, 1.807) is 6.07 Å². The predicted octanol–water partition coefficient (Wildman–Crippen LogP) is 1.19. The topological polar surface area (TPSA) is 67.4 Å². The van der Waals surface area contributed by atoms with E-state index in [1.165, 1.54) is 23.3 Å². The first-order chi connectivity index (χ1) is 6.79. The smallest absolute Gasteiger partial charge is 0.220 e. The van der Waals surface area contributed by atoms with Crippen LogP contribution in [0.2, 0.25) is 5.15 Å². The lowest BCUT2D eigenvalue weighted by atomic mass is 10.4. The minimum Gasteiger partial charge on any atom is -0.220 e. The largest absolute Gasteiger partial charge is 0.251 e. The van der Waals surface area contributed by atoms with Gasteiger partial charge < -0.3 is 0 Å². The Labute approximate surface area is 84.6 Å². The average Bonchev–Trinajstić information content (AvgIpc) is 2.66. The lowest BCUT2D eigenvalue weighted by molar-refractivity contribution is 0.808. The van der Waals surface area contributed by atoms with Crippen LogP contribution >= 0.6 is 11.6 Å². The number of aromatic nitrogens is 4. The van der Waals surface area contributed by atoms with Crippen molar-refractivity contribution >= 4 is 11.6 Å². The van der Waals surface area contributed by atoms with Crippen molar-refractivity contribution < 1.29 is 0 Å². The van der Waals surface area contributed by atoms with E-state index in [-0.39, 0.29) is 0 Å². The Morgan fingerprint density at radius 3 is 3.00 bits per heavy atom. The van der Waals surface area contributed by atoms with E-state index in [1.807, 2.05) is 6.07 Å². The van der Waals surface area contributed by atoms with Gasteiger partial charge in [0.1, 0.15) is 11.2 Å². The molecule has 0 amide bonds. The predicted molar refractivity (Wildman–Crippen MR) is 48.9 cm³/mol. The number of hydrogen-bond acceptors (Lipinski definition) is 4. The lowest BCUT2D eigenvalue weighted by Crippen LogP contribution is -2.00. The van der Waals surface area contributed by atoms with Crippen LogP contribution in [0.3, 0.4) is 0 Å². The third-order valence-corrected chi connectivity index (χ3v) is 1.74. The first-order valence-corrected chi connectivity index (χ1v) is 4.11. The Morgan fingerprint density at radius 1 is 1.50 bits per heavy atom. The van der Waals surface area contributed by atoms with Gasteiger partial charge >= 0.3 is 0 Å². The molecule has 2 heterocycles. The SMILES string of the molecule is N#Cc1cnn(-c2nccc(Cl)n2)c1. The maximum atomic E-state index is 8.58. The van der Waals surface area contributed by atoms with Gasteiger partial charge in [0.25, 0.3) is 5.95 Å². The summed E-state index contributed by atoms with van der Waals surface area (Å²) in [4.78, 5) is 7.89. The summed E-state index contributed by atoms with van der Waals surface area (Å²) < 4.78 is 1.39. The summed E-state index contributed by atoms with van der Waals surface area (Å²) in [5, 5.41) is 12.8. The molecule has 6 heteroatoms. The van der Waals surface area contributed by atoms with Crippen LogP contribution in [0.25, 0.3) is 5.95 Å². The van der Waals surface area contributed by atoms with E-state index in [4.69, 9.17) is 16.9 Å². The van der Waals surface area contributed by atoms with Crippen LogP contribution in [-0.2, 0) is 0 Å². The molecule has 14 heavy (non-hydrogen) atoms. The minimum atomic E-state index is 0.337. The van der Waals surface area contributed by atoms with Gasteiger partial charge in [-0.2, -0.15) is 15.3 Å². The third kappa shape index (κ3) is 1.56. The fourth-order valence-corrected chi connectivity index (χ4v) is 1.06. The van der Waals surface area contributed by atoms with E-state index < -0.39 is 0 Å². The van der Waals surface area contributed by atoms with Gasteiger partial charge in [0, 0.05) is 6.20 Å². The zero-order valence-electron chi connectivity index (χ0n) is 6.92. The van der Waals surface area contributed by atoms with Crippen LogP contribution in [0, 0.1) is 11.3 Å². The highest BCUT2D eigenvalue weighted by Gasteiger charge is 2.02. The molecule has 5 nitrogen and oxygen atoms in total. The Morgan fingerprint density at radius 2 is 2.36 bits per heavy atom. The monoisotopic (exact) mass is 205 g/mol. The van der Waals surface area contributed by atoms with Crippen molar-refractivity contribution in [2.45, 2.75) is 0 Å². The molecule has 0 saturated carbocycles. The number of nitriles is 1. The molecule has 0 N–H and O–H groups in total. The molecule has 0 unspecified atom stereocenters. The van der Waals surface area contributed by atoms with E-state index in [0.717, 1.165) is 0 Å². The van der Waals surface area contributed by atoms with Gasteiger partial charge in [-0.3, -0.25) is 0 Å². The van der Waals surface area contributed by atoms with Crippen molar-refractivity contribution in [3.8, 4) is 12.0 Å². The summed E-state index contributed by atoms with van der Waals surface area (Å²) in [6, 6.07) is 3.53. The fraction of sp³-hybridized carbons (Fsp3) is 0. The van der Waals surface area contributed by atoms with Gasteiger partial charge in [-0.15, -0.1) is 0 Å². The van der Waals surface area contributed by atoms with Gasteiger partial charge in [-0.1, -0.05) is 11.6 Å². The van der Waals surface area contributed by atoms with E-state index >= 15 is 0 Å². The molecule has 0 radical (unpaired) electrons. The highest BCUT2D eigenvalue weighted by molar-refractivity contribution is 6.29. The molecule has 2 rings (SSSR count). The van der Waals surface area contributed by atoms with Gasteiger partial charge in [0.15, 0.2) is 0 Å². The van der Waals surface area contributed by atoms with Crippen molar-refractivity contribution in [2.24, 2.45) is 0 Å². The summed E-state index contributed by atoms with van der Waals surface area (Å²) in [6.45, 7) is 0. The summed E-state index contributed by atoms with van der Waals surface area (Å²) in [5.74, 6) is 0.346. The van der Waals surface area contributed by atoms with Crippen LogP contribution in [0.15, 0.2) is 24.7 Å². The Balaban J connectivity index is 2.45. The third-order valence-electron chi connectivity index (χ3n) is 1.53. The Kier molecular flexibility index (Phi) is 2.13. The summed E-state index contributed by atoms with van der Waals surface area (Å²) >= 11 is 5.68. The van der Waals surface area contributed by atoms with Gasteiger partial charge in [-0.05, 0) is 6.07 Å². The molecule has 2 aromatic heterocycles. The second-order valence-corrected chi connectivity index (χ2v) is 2.85. The second-order valence-electron chi connectivity index (χ2n) is 2.46. The Hall–Kier alpha value is -1.93. The second kappa shape index (κ2) is 3.44. The number of rotatable bonds is 1. The molecule has 0 atom stereocenters. The normalized spacial score (nSPS) is 9.71. The first kappa shape index (κ1) is 8.66. The minimum absolute atomic E-state index is 0.337. The number of nitrogens with zero attached hydrogens (tertiary/aromatic N) is 5. The van der Waals surface area contributed by atoms with Crippen molar-refractivity contribution in [3.05, 3.63) is 35.4 Å². The van der Waals surface area contributed by atoms with Crippen molar-refractivity contribution in [1.29, 1.82) is 5.26 Å². The first-order valence-electron chi connectivity index (χ1n) is 3.73. The molecule has 0 fully saturated rings. The molecule has 2 aromatic rings. The van der Waals surface area contributed by atoms with Gasteiger partial charge in [-0.25, -0.2) is 9.67 Å². The Bertz CT molecular complexity index is 498. The molecule has 0 aliphatic carbocycles. The quantitative estimate of drug-likeness (QED) is 0.656. The van der Waals surface area contributed by atoms with Crippen molar-refractivity contribution in [1.82, 2.24) is 19.7 Å².